The first-order chi connectivity index (χ1) is 12.9. The van der Waals surface area contributed by atoms with E-state index in [1.54, 1.807) is 49.0 Å². The number of phenolic OH excluding ortho intramolecular Hbond substituents is 1. The van der Waals surface area contributed by atoms with Crippen LogP contribution in [0.2, 0.25) is 0 Å². The van der Waals surface area contributed by atoms with Crippen molar-refractivity contribution in [3.63, 3.8) is 0 Å². The van der Waals surface area contributed by atoms with Gasteiger partial charge in [0, 0.05) is 38.3 Å². The van der Waals surface area contributed by atoms with Crippen molar-refractivity contribution in [2.45, 2.75) is 33.0 Å². The van der Waals surface area contributed by atoms with Crippen LogP contribution in [0.3, 0.4) is 0 Å². The van der Waals surface area contributed by atoms with Gasteiger partial charge in [-0.15, -0.1) is 0 Å². The van der Waals surface area contributed by atoms with E-state index in [4.69, 9.17) is 0 Å². The Morgan fingerprint density at radius 2 is 2.07 bits per heavy atom. The SMILES string of the molecule is Cc1c(O)cccc1C(=O)NCc1cc2n(n1)CCCN(C(=O)N(C)C)C2. The van der Waals surface area contributed by atoms with Crippen LogP contribution in [0.15, 0.2) is 24.3 Å². The van der Waals surface area contributed by atoms with Crippen molar-refractivity contribution in [2.24, 2.45) is 0 Å². The maximum atomic E-state index is 12.4. The lowest BCUT2D eigenvalue weighted by Crippen LogP contribution is -2.38. The van der Waals surface area contributed by atoms with Crippen LogP contribution in [0.4, 0.5) is 4.79 Å². The summed E-state index contributed by atoms with van der Waals surface area (Å²) in [6, 6.07) is 6.79. The highest BCUT2D eigenvalue weighted by atomic mass is 16.3. The second-order valence-electron chi connectivity index (χ2n) is 6.93. The zero-order chi connectivity index (χ0) is 19.6. The molecule has 0 saturated carbocycles. The number of amides is 3. The van der Waals surface area contributed by atoms with Gasteiger partial charge in [0.2, 0.25) is 0 Å². The number of aryl methyl sites for hydroxylation is 1. The van der Waals surface area contributed by atoms with Crippen LogP contribution in [0, 0.1) is 6.92 Å². The average Bonchev–Trinajstić information content (AvgIpc) is 2.91. The molecule has 0 unspecified atom stereocenters. The predicted molar refractivity (Wildman–Crippen MR) is 100 cm³/mol. The molecule has 8 nitrogen and oxygen atoms in total. The summed E-state index contributed by atoms with van der Waals surface area (Å²) < 4.78 is 1.91. The van der Waals surface area contributed by atoms with Crippen molar-refractivity contribution in [3.8, 4) is 5.75 Å². The first-order valence-corrected chi connectivity index (χ1v) is 8.95. The van der Waals surface area contributed by atoms with E-state index >= 15 is 0 Å². The number of urea groups is 1. The molecular formula is C19H25N5O3. The van der Waals surface area contributed by atoms with Crippen molar-refractivity contribution in [1.29, 1.82) is 0 Å². The maximum Gasteiger partial charge on any atom is 0.319 e. The molecule has 1 aliphatic heterocycles. The quantitative estimate of drug-likeness (QED) is 0.859. The largest absolute Gasteiger partial charge is 0.508 e. The number of aromatic nitrogens is 2. The topological polar surface area (TPSA) is 90.7 Å². The van der Waals surface area contributed by atoms with Gasteiger partial charge in [-0.2, -0.15) is 5.10 Å². The van der Waals surface area contributed by atoms with E-state index in [1.807, 2.05) is 10.7 Å². The number of hydrogen-bond donors (Lipinski definition) is 2. The molecule has 0 aliphatic carbocycles. The molecule has 3 rings (SSSR count). The third-order valence-electron chi connectivity index (χ3n) is 4.70. The van der Waals surface area contributed by atoms with Crippen LogP contribution >= 0.6 is 0 Å². The summed E-state index contributed by atoms with van der Waals surface area (Å²) in [7, 11) is 3.49. The van der Waals surface area contributed by atoms with Gasteiger partial charge in [-0.3, -0.25) is 9.48 Å². The van der Waals surface area contributed by atoms with E-state index in [0.29, 0.717) is 24.2 Å². The van der Waals surface area contributed by atoms with Gasteiger partial charge in [-0.25, -0.2) is 4.79 Å². The molecule has 8 heteroatoms. The van der Waals surface area contributed by atoms with Gasteiger partial charge in [0.25, 0.3) is 5.91 Å². The predicted octanol–water partition coefficient (Wildman–Crippen LogP) is 1.71. The number of carbonyl (C=O) groups excluding carboxylic acids is 2. The van der Waals surface area contributed by atoms with Crippen molar-refractivity contribution in [3.05, 3.63) is 46.8 Å². The van der Waals surface area contributed by atoms with Gasteiger partial charge >= 0.3 is 6.03 Å². The van der Waals surface area contributed by atoms with Crippen LogP contribution in [0.5, 0.6) is 5.75 Å². The standard InChI is InChI=1S/C19H25N5O3/c1-13-16(6-4-7-17(13)25)18(26)20-11-14-10-15-12-23(19(27)22(2)3)8-5-9-24(15)21-14/h4,6-7,10,25H,5,8-9,11-12H2,1-3H3,(H,20,26). The molecule has 0 radical (unpaired) electrons. The number of aromatic hydroxyl groups is 1. The van der Waals surface area contributed by atoms with Crippen LogP contribution in [0.1, 0.15) is 33.7 Å². The Morgan fingerprint density at radius 3 is 2.81 bits per heavy atom. The molecule has 0 saturated heterocycles. The Bertz CT molecular complexity index is 859. The van der Waals surface area contributed by atoms with Crippen LogP contribution in [0.25, 0.3) is 0 Å². The van der Waals surface area contributed by atoms with Gasteiger partial charge in [-0.1, -0.05) is 6.07 Å². The molecule has 2 aromatic rings. The van der Waals surface area contributed by atoms with Crippen LogP contribution in [-0.4, -0.2) is 57.3 Å². The average molecular weight is 371 g/mol. The number of phenols is 1. The molecule has 1 aromatic carbocycles. The summed E-state index contributed by atoms with van der Waals surface area (Å²) in [6.45, 7) is 3.94. The van der Waals surface area contributed by atoms with Gasteiger partial charge < -0.3 is 20.2 Å². The van der Waals surface area contributed by atoms with E-state index in [1.165, 1.54) is 0 Å². The zero-order valence-electron chi connectivity index (χ0n) is 15.9. The normalized spacial score (nSPS) is 13.7. The molecule has 144 valence electrons. The summed E-state index contributed by atoms with van der Waals surface area (Å²) in [5.41, 5.74) is 2.70. The minimum Gasteiger partial charge on any atom is -0.508 e. The Morgan fingerprint density at radius 1 is 1.30 bits per heavy atom. The van der Waals surface area contributed by atoms with Gasteiger partial charge in [-0.05, 0) is 31.5 Å². The number of hydrogen-bond acceptors (Lipinski definition) is 4. The Labute approximate surface area is 158 Å². The second kappa shape index (κ2) is 7.69. The lowest BCUT2D eigenvalue weighted by atomic mass is 10.1. The summed E-state index contributed by atoms with van der Waals surface area (Å²) in [4.78, 5) is 28.0. The molecule has 0 atom stereocenters. The molecular weight excluding hydrogens is 346 g/mol. The smallest absolute Gasteiger partial charge is 0.319 e. The third kappa shape index (κ3) is 4.05. The molecule has 2 heterocycles. The Hall–Kier alpha value is -3.03. The summed E-state index contributed by atoms with van der Waals surface area (Å²) >= 11 is 0. The third-order valence-corrected chi connectivity index (χ3v) is 4.70. The fourth-order valence-electron chi connectivity index (χ4n) is 3.19. The number of benzene rings is 1. The lowest BCUT2D eigenvalue weighted by molar-refractivity contribution is 0.0949. The first kappa shape index (κ1) is 18.8. The number of nitrogens with one attached hydrogen (secondary N) is 1. The van der Waals surface area contributed by atoms with Crippen molar-refractivity contribution >= 4 is 11.9 Å². The highest BCUT2D eigenvalue weighted by Crippen LogP contribution is 2.19. The van der Waals surface area contributed by atoms with E-state index < -0.39 is 0 Å². The molecule has 1 aliphatic rings. The number of rotatable bonds is 3. The summed E-state index contributed by atoms with van der Waals surface area (Å²) in [6.07, 6.45) is 0.836. The maximum absolute atomic E-state index is 12.4. The Kier molecular flexibility index (Phi) is 5.34. The molecule has 0 spiro atoms. The minimum absolute atomic E-state index is 0.0149. The highest BCUT2D eigenvalue weighted by Gasteiger charge is 2.22. The van der Waals surface area contributed by atoms with Gasteiger partial charge in [0.15, 0.2) is 0 Å². The molecule has 2 N–H and O–H groups in total. The molecule has 1 aromatic heterocycles. The summed E-state index contributed by atoms with van der Waals surface area (Å²) in [5.74, 6) is -0.155. The number of carbonyl (C=O) groups is 2. The molecule has 27 heavy (non-hydrogen) atoms. The molecule has 3 amide bonds. The summed E-state index contributed by atoms with van der Waals surface area (Å²) in [5, 5.41) is 17.2. The zero-order valence-corrected chi connectivity index (χ0v) is 15.9. The van der Waals surface area contributed by atoms with E-state index in [9.17, 15) is 14.7 Å². The van der Waals surface area contributed by atoms with E-state index in [-0.39, 0.29) is 24.2 Å². The van der Waals surface area contributed by atoms with Crippen molar-refractivity contribution in [1.82, 2.24) is 24.9 Å². The Balaban J connectivity index is 1.68. The minimum atomic E-state index is -0.254. The first-order valence-electron chi connectivity index (χ1n) is 8.95. The van der Waals surface area contributed by atoms with Gasteiger partial charge in [0.05, 0.1) is 24.5 Å². The fraction of sp³-hybridized carbons (Fsp3) is 0.421. The highest BCUT2D eigenvalue weighted by molar-refractivity contribution is 5.96. The van der Waals surface area contributed by atoms with Crippen molar-refractivity contribution in [2.75, 3.05) is 20.6 Å². The molecule has 0 fully saturated rings. The molecule has 0 bridgehead atoms. The van der Waals surface area contributed by atoms with Crippen molar-refractivity contribution < 1.29 is 14.7 Å². The van der Waals surface area contributed by atoms with Crippen LogP contribution in [-0.2, 0) is 19.6 Å². The van der Waals surface area contributed by atoms with Crippen LogP contribution < -0.4 is 5.32 Å². The fourth-order valence-corrected chi connectivity index (χ4v) is 3.19. The van der Waals surface area contributed by atoms with E-state index in [2.05, 4.69) is 10.4 Å². The monoisotopic (exact) mass is 371 g/mol. The lowest BCUT2D eigenvalue weighted by Gasteiger charge is -2.23. The van der Waals surface area contributed by atoms with Gasteiger partial charge in [0.1, 0.15) is 5.75 Å². The number of nitrogens with zero attached hydrogens (tertiary/aromatic N) is 4. The van der Waals surface area contributed by atoms with E-state index in [0.717, 1.165) is 24.4 Å². The second-order valence-corrected chi connectivity index (χ2v) is 6.93. The number of fused-ring (bicyclic) bond motifs is 1.